The number of hydrogen-bond donors (Lipinski definition) is 1. The first kappa shape index (κ1) is 17.2. The smallest absolute Gasteiger partial charge is 0.334 e. The molecule has 1 aliphatic rings. The third kappa shape index (κ3) is 3.54. The van der Waals surface area contributed by atoms with Crippen LogP contribution >= 0.6 is 34.5 Å². The van der Waals surface area contributed by atoms with Gasteiger partial charge in [-0.1, -0.05) is 29.3 Å². The van der Waals surface area contributed by atoms with Crippen LogP contribution in [0.2, 0.25) is 10.0 Å². The summed E-state index contributed by atoms with van der Waals surface area (Å²) in [5.74, 6) is -1.39. The van der Waals surface area contributed by atoms with E-state index >= 15 is 0 Å². The van der Waals surface area contributed by atoms with Gasteiger partial charge >= 0.3 is 5.97 Å². The predicted molar refractivity (Wildman–Crippen MR) is 90.8 cm³/mol. The number of carboxylic acids is 1. The maximum Gasteiger partial charge on any atom is 0.334 e. The van der Waals surface area contributed by atoms with E-state index in [1.165, 1.54) is 16.2 Å². The van der Waals surface area contributed by atoms with Crippen LogP contribution < -0.4 is 0 Å². The molecular weight excluding hydrogens is 375 g/mol. The number of aliphatic carboxylic acids is 1. The molecule has 24 heavy (non-hydrogen) atoms. The van der Waals surface area contributed by atoms with Crippen molar-refractivity contribution < 1.29 is 19.4 Å². The Hall–Kier alpha value is -1.67. The number of carbonyl (C=O) groups is 2. The Morgan fingerprint density at radius 1 is 1.33 bits per heavy atom. The van der Waals surface area contributed by atoms with Gasteiger partial charge in [-0.15, -0.1) is 11.3 Å². The number of hydrogen-bond acceptors (Lipinski definition) is 5. The summed E-state index contributed by atoms with van der Waals surface area (Å²) in [5, 5.41) is 12.2. The van der Waals surface area contributed by atoms with Gasteiger partial charge in [0.25, 0.3) is 5.91 Å². The van der Waals surface area contributed by atoms with Crippen molar-refractivity contribution in [2.24, 2.45) is 0 Å². The summed E-state index contributed by atoms with van der Waals surface area (Å²) < 4.78 is 5.12. The van der Waals surface area contributed by atoms with Crippen molar-refractivity contribution in [3.63, 3.8) is 0 Å². The maximum absolute atomic E-state index is 12.5. The van der Waals surface area contributed by atoms with Crippen LogP contribution in [-0.2, 0) is 9.53 Å². The average molecular weight is 387 g/mol. The van der Waals surface area contributed by atoms with Gasteiger partial charge in [0, 0.05) is 17.5 Å². The highest BCUT2D eigenvalue weighted by Gasteiger charge is 2.30. The van der Waals surface area contributed by atoms with Crippen LogP contribution in [0, 0.1) is 0 Å². The molecule has 1 amide bonds. The molecule has 1 N–H and O–H groups in total. The molecule has 1 fully saturated rings. The molecular formula is C15H12Cl2N2O4S. The number of morpholine rings is 1. The Kier molecular flexibility index (Phi) is 5.05. The first-order valence-corrected chi connectivity index (χ1v) is 8.64. The highest BCUT2D eigenvalue weighted by Crippen LogP contribution is 2.30. The summed E-state index contributed by atoms with van der Waals surface area (Å²) in [4.78, 5) is 29.3. The zero-order valence-corrected chi connectivity index (χ0v) is 14.6. The topological polar surface area (TPSA) is 79.7 Å². The lowest BCUT2D eigenvalue weighted by molar-refractivity contribution is -0.154. The molecule has 0 saturated carbocycles. The van der Waals surface area contributed by atoms with Crippen LogP contribution in [0.15, 0.2) is 23.6 Å². The number of amides is 1. The van der Waals surface area contributed by atoms with Crippen molar-refractivity contribution >= 4 is 46.4 Å². The largest absolute Gasteiger partial charge is 0.479 e. The number of nitrogens with zero attached hydrogens (tertiary/aromatic N) is 2. The lowest BCUT2D eigenvalue weighted by Crippen LogP contribution is -2.48. The molecule has 2 aromatic rings. The van der Waals surface area contributed by atoms with Gasteiger partial charge in [-0.3, -0.25) is 4.79 Å². The van der Waals surface area contributed by atoms with Crippen LogP contribution in [0.25, 0.3) is 10.6 Å². The van der Waals surface area contributed by atoms with E-state index in [1.54, 1.807) is 23.6 Å². The van der Waals surface area contributed by atoms with Crippen LogP contribution in [0.3, 0.4) is 0 Å². The van der Waals surface area contributed by atoms with Crippen LogP contribution in [0.5, 0.6) is 0 Å². The normalized spacial score (nSPS) is 17.8. The SMILES string of the molecule is O=C(O)[C@@H]1CN(C(=O)c2csc(-c3ccc(Cl)c(Cl)c3)n2)CCO1. The van der Waals surface area contributed by atoms with E-state index in [0.29, 0.717) is 21.6 Å². The van der Waals surface area contributed by atoms with Gasteiger partial charge in [0.1, 0.15) is 10.7 Å². The summed E-state index contributed by atoms with van der Waals surface area (Å²) in [7, 11) is 0. The van der Waals surface area contributed by atoms with Crippen LogP contribution in [0.1, 0.15) is 10.5 Å². The van der Waals surface area contributed by atoms with Crippen molar-refractivity contribution in [2.75, 3.05) is 19.7 Å². The zero-order chi connectivity index (χ0) is 17.3. The fraction of sp³-hybridized carbons (Fsp3) is 0.267. The van der Waals surface area contributed by atoms with Crippen molar-refractivity contribution in [3.8, 4) is 10.6 Å². The Balaban J connectivity index is 1.78. The van der Waals surface area contributed by atoms with E-state index in [0.717, 1.165) is 5.56 Å². The number of halogens is 2. The minimum absolute atomic E-state index is 0.00774. The van der Waals surface area contributed by atoms with Gasteiger partial charge in [0.2, 0.25) is 0 Å². The fourth-order valence-electron chi connectivity index (χ4n) is 2.28. The van der Waals surface area contributed by atoms with E-state index in [9.17, 15) is 9.59 Å². The molecule has 1 atom stereocenters. The summed E-state index contributed by atoms with van der Waals surface area (Å²) in [6, 6.07) is 5.13. The Morgan fingerprint density at radius 2 is 2.12 bits per heavy atom. The minimum Gasteiger partial charge on any atom is -0.479 e. The Bertz CT molecular complexity index is 796. The summed E-state index contributed by atoms with van der Waals surface area (Å²) in [6.07, 6.45) is -1.00. The fourth-order valence-corrected chi connectivity index (χ4v) is 3.37. The first-order chi connectivity index (χ1) is 11.5. The zero-order valence-electron chi connectivity index (χ0n) is 12.2. The second kappa shape index (κ2) is 7.06. The van der Waals surface area contributed by atoms with Gasteiger partial charge < -0.3 is 14.7 Å². The summed E-state index contributed by atoms with van der Waals surface area (Å²) in [6.45, 7) is 0.530. The van der Waals surface area contributed by atoms with Gasteiger partial charge in [-0.2, -0.15) is 0 Å². The molecule has 6 nitrogen and oxygen atoms in total. The van der Waals surface area contributed by atoms with Gasteiger partial charge in [-0.05, 0) is 12.1 Å². The van der Waals surface area contributed by atoms with Crippen LogP contribution in [0.4, 0.5) is 0 Å². The maximum atomic E-state index is 12.5. The molecule has 9 heteroatoms. The average Bonchev–Trinajstić information content (AvgIpc) is 3.06. The monoisotopic (exact) mass is 386 g/mol. The van der Waals surface area contributed by atoms with Gasteiger partial charge in [0.15, 0.2) is 6.10 Å². The summed E-state index contributed by atoms with van der Waals surface area (Å²) in [5.41, 5.74) is 1.03. The molecule has 0 bridgehead atoms. The second-order valence-corrected chi connectivity index (χ2v) is 6.79. The number of benzene rings is 1. The Labute approximate surface area is 151 Å². The van der Waals surface area contributed by atoms with Crippen molar-refractivity contribution in [3.05, 3.63) is 39.3 Å². The van der Waals surface area contributed by atoms with Crippen LogP contribution in [-0.4, -0.2) is 52.7 Å². The van der Waals surface area contributed by atoms with Gasteiger partial charge in [-0.25, -0.2) is 9.78 Å². The van der Waals surface area contributed by atoms with E-state index < -0.39 is 12.1 Å². The molecule has 2 heterocycles. The highest BCUT2D eigenvalue weighted by atomic mass is 35.5. The lowest BCUT2D eigenvalue weighted by atomic mass is 10.2. The van der Waals surface area contributed by atoms with E-state index in [-0.39, 0.29) is 24.8 Å². The second-order valence-electron chi connectivity index (χ2n) is 5.12. The number of ether oxygens (including phenoxy) is 1. The number of thiazole rings is 1. The van der Waals surface area contributed by atoms with E-state index in [4.69, 9.17) is 33.0 Å². The molecule has 0 aliphatic carbocycles. The number of aromatic nitrogens is 1. The predicted octanol–water partition coefficient (Wildman–Crippen LogP) is 3.04. The summed E-state index contributed by atoms with van der Waals surface area (Å²) >= 11 is 13.2. The number of rotatable bonds is 3. The molecule has 1 aromatic carbocycles. The van der Waals surface area contributed by atoms with Crippen molar-refractivity contribution in [1.29, 1.82) is 0 Å². The number of carbonyl (C=O) groups excluding carboxylic acids is 1. The molecule has 126 valence electrons. The van der Waals surface area contributed by atoms with E-state index in [1.807, 2.05) is 0 Å². The molecule has 0 radical (unpaired) electrons. The molecule has 1 aromatic heterocycles. The molecule has 0 unspecified atom stereocenters. The Morgan fingerprint density at radius 3 is 2.83 bits per heavy atom. The molecule has 3 rings (SSSR count). The standard InChI is InChI=1S/C15H12Cl2N2O4S/c16-9-2-1-8(5-10(9)17)13-18-11(7-24-13)14(20)19-3-4-23-12(6-19)15(21)22/h1-2,5,7,12H,3-4,6H2,(H,21,22)/t12-/m0/s1. The first-order valence-electron chi connectivity index (χ1n) is 7.00. The minimum atomic E-state index is -1.08. The van der Waals surface area contributed by atoms with Crippen molar-refractivity contribution in [2.45, 2.75) is 6.10 Å². The molecule has 1 saturated heterocycles. The highest BCUT2D eigenvalue weighted by molar-refractivity contribution is 7.13. The molecule has 0 spiro atoms. The number of carboxylic acid groups (broad SMARTS) is 1. The van der Waals surface area contributed by atoms with Crippen molar-refractivity contribution in [1.82, 2.24) is 9.88 Å². The quantitative estimate of drug-likeness (QED) is 0.876. The van der Waals surface area contributed by atoms with E-state index in [2.05, 4.69) is 4.98 Å². The van der Waals surface area contributed by atoms with Gasteiger partial charge in [0.05, 0.1) is 23.2 Å². The third-order valence-electron chi connectivity index (χ3n) is 3.52. The lowest BCUT2D eigenvalue weighted by Gasteiger charge is -2.30. The third-order valence-corrected chi connectivity index (χ3v) is 5.15. The molecule has 1 aliphatic heterocycles.